The van der Waals surface area contributed by atoms with Crippen LogP contribution in [0, 0.1) is 9.10 Å². The van der Waals surface area contributed by atoms with E-state index in [1.807, 2.05) is 22.6 Å². The molecule has 0 aromatic carbocycles. The minimum atomic E-state index is -1.53. The number of hydrogen-bond donors (Lipinski definition) is 1. The number of ether oxygens (including phenoxy) is 1. The molecule has 1 heterocycles. The van der Waals surface area contributed by atoms with E-state index < -0.39 is 17.8 Å². The summed E-state index contributed by atoms with van der Waals surface area (Å²) >= 11 is 7.74. The first kappa shape index (κ1) is 15.0. The third-order valence-corrected chi connectivity index (χ3v) is 2.85. The van der Waals surface area contributed by atoms with Crippen molar-refractivity contribution in [2.45, 2.75) is 13.0 Å². The van der Waals surface area contributed by atoms with Gasteiger partial charge in [0.15, 0.2) is 0 Å². The third-order valence-electron chi connectivity index (χ3n) is 1.96. The van der Waals surface area contributed by atoms with Crippen LogP contribution in [0.5, 0.6) is 0 Å². The topological polar surface area (TPSA) is 92.5 Å². The van der Waals surface area contributed by atoms with E-state index in [2.05, 4.69) is 14.8 Å². The fourth-order valence-corrected chi connectivity index (χ4v) is 1.83. The number of carbonyl (C=O) groups is 2. The second kappa shape index (κ2) is 6.74. The number of nitrogens with one attached hydrogen (secondary N) is 1. The molecule has 1 rings (SSSR count). The van der Waals surface area contributed by atoms with Gasteiger partial charge in [-0.2, -0.15) is 5.11 Å². The number of aromatic nitrogens is 1. The van der Waals surface area contributed by atoms with Gasteiger partial charge < -0.3 is 4.74 Å². The predicted octanol–water partition coefficient (Wildman–Crippen LogP) is 2.48. The Kier molecular flexibility index (Phi) is 5.60. The number of esters is 1. The van der Waals surface area contributed by atoms with Crippen LogP contribution in [-0.4, -0.2) is 29.4 Å². The molecular formula is C10H9ClIN3O3. The highest BCUT2D eigenvalue weighted by atomic mass is 127. The smallest absolute Gasteiger partial charge is 0.340 e. The lowest BCUT2D eigenvalue weighted by atomic mass is 10.1. The van der Waals surface area contributed by atoms with Crippen molar-refractivity contribution in [3.05, 3.63) is 26.5 Å². The minimum Gasteiger partial charge on any atom is -0.464 e. The van der Waals surface area contributed by atoms with Gasteiger partial charge in [-0.25, -0.2) is 15.3 Å². The zero-order valence-electron chi connectivity index (χ0n) is 9.31. The fourth-order valence-electron chi connectivity index (χ4n) is 1.18. The third kappa shape index (κ3) is 3.45. The molecule has 0 saturated heterocycles. The maximum Gasteiger partial charge on any atom is 0.340 e. The van der Waals surface area contributed by atoms with Crippen molar-refractivity contribution >= 4 is 45.9 Å². The number of nitrogens with zero attached hydrogens (tertiary/aromatic N) is 2. The van der Waals surface area contributed by atoms with Gasteiger partial charge in [-0.1, -0.05) is 11.6 Å². The van der Waals surface area contributed by atoms with E-state index in [4.69, 9.17) is 17.1 Å². The van der Waals surface area contributed by atoms with Crippen LogP contribution < -0.4 is 0 Å². The largest absolute Gasteiger partial charge is 0.464 e. The second-order valence-electron chi connectivity index (χ2n) is 3.14. The molecule has 1 aromatic heterocycles. The lowest BCUT2D eigenvalue weighted by Gasteiger charge is -2.09. The molecule has 6 nitrogen and oxygen atoms in total. The van der Waals surface area contributed by atoms with E-state index in [-0.39, 0.29) is 17.3 Å². The van der Waals surface area contributed by atoms with Gasteiger partial charge >= 0.3 is 5.97 Å². The summed E-state index contributed by atoms with van der Waals surface area (Å²) in [7, 11) is 0. The van der Waals surface area contributed by atoms with Crippen molar-refractivity contribution in [3.8, 4) is 0 Å². The molecule has 0 aliphatic carbocycles. The second-order valence-corrected chi connectivity index (χ2v) is 4.74. The number of ketones is 1. The highest BCUT2D eigenvalue weighted by molar-refractivity contribution is 14.1. The quantitative estimate of drug-likeness (QED) is 0.212. The molecule has 8 heteroatoms. The molecular weight excluding hydrogens is 372 g/mol. The van der Waals surface area contributed by atoms with Gasteiger partial charge in [0.2, 0.25) is 11.8 Å². The molecule has 0 spiro atoms. The molecule has 96 valence electrons. The van der Waals surface area contributed by atoms with Crippen LogP contribution in [0.3, 0.4) is 0 Å². The number of Topliss-reactive ketones (excluding diaryl/α,β-unsaturated/α-hetero) is 1. The number of carbonyl (C=O) groups excluding carboxylic acids is 2. The molecule has 1 aromatic rings. The van der Waals surface area contributed by atoms with Crippen molar-refractivity contribution in [2.75, 3.05) is 6.61 Å². The Balaban J connectivity index is 3.07. The molecule has 18 heavy (non-hydrogen) atoms. The Morgan fingerprint density at radius 1 is 1.67 bits per heavy atom. The van der Waals surface area contributed by atoms with Crippen molar-refractivity contribution in [2.24, 2.45) is 5.11 Å². The van der Waals surface area contributed by atoms with Crippen molar-refractivity contribution < 1.29 is 14.3 Å². The number of halogens is 2. The fraction of sp³-hybridized carbons (Fsp3) is 0.300. The van der Waals surface area contributed by atoms with Crippen molar-refractivity contribution in [3.63, 3.8) is 0 Å². The van der Waals surface area contributed by atoms with Gasteiger partial charge in [-0.15, -0.1) is 0 Å². The van der Waals surface area contributed by atoms with E-state index in [0.29, 0.717) is 3.57 Å². The summed E-state index contributed by atoms with van der Waals surface area (Å²) in [5.41, 5.74) is 6.96. The normalized spacial score (nSPS) is 11.7. The Hall–Kier alpha value is -1.09. The monoisotopic (exact) mass is 381 g/mol. The minimum absolute atomic E-state index is 0.0293. The van der Waals surface area contributed by atoms with Crippen molar-refractivity contribution in [1.29, 1.82) is 5.53 Å². The van der Waals surface area contributed by atoms with Gasteiger partial charge in [0.1, 0.15) is 5.15 Å². The van der Waals surface area contributed by atoms with E-state index in [1.165, 1.54) is 12.3 Å². The molecule has 1 unspecified atom stereocenters. The molecule has 1 N–H and O–H groups in total. The van der Waals surface area contributed by atoms with Gasteiger partial charge in [-0.3, -0.25) is 4.79 Å². The van der Waals surface area contributed by atoms with Gasteiger partial charge in [0, 0.05) is 9.77 Å². The van der Waals surface area contributed by atoms with Crippen LogP contribution in [0.2, 0.25) is 5.15 Å². The Morgan fingerprint density at radius 3 is 2.89 bits per heavy atom. The number of pyridine rings is 1. The number of rotatable bonds is 5. The molecule has 0 amide bonds. The van der Waals surface area contributed by atoms with Gasteiger partial charge in [-0.05, 0) is 35.6 Å². The molecule has 0 aliphatic heterocycles. The van der Waals surface area contributed by atoms with Gasteiger partial charge in [0.05, 0.1) is 12.2 Å². The molecule has 0 aliphatic rings. The molecule has 1 atom stereocenters. The Bertz CT molecular complexity index is 495. The molecule has 0 fully saturated rings. The van der Waals surface area contributed by atoms with Crippen LogP contribution in [0.4, 0.5) is 0 Å². The van der Waals surface area contributed by atoms with Crippen LogP contribution in [0.25, 0.3) is 0 Å². The highest BCUT2D eigenvalue weighted by Gasteiger charge is 2.30. The van der Waals surface area contributed by atoms with E-state index in [0.717, 1.165) is 0 Å². The first-order valence-corrected chi connectivity index (χ1v) is 6.35. The van der Waals surface area contributed by atoms with Crippen LogP contribution in [-0.2, 0) is 9.53 Å². The predicted molar refractivity (Wildman–Crippen MR) is 71.9 cm³/mol. The van der Waals surface area contributed by atoms with E-state index >= 15 is 0 Å². The maximum atomic E-state index is 12.0. The standard InChI is InChI=1S/C10H9ClIN3O3/c1-2-18-10(17)7(15-13)8(16)6-3-5(12)4-14-9(6)11/h3-4,7,13H,2H2,1H3. The van der Waals surface area contributed by atoms with Crippen LogP contribution in [0.1, 0.15) is 17.3 Å². The molecule has 0 radical (unpaired) electrons. The summed E-state index contributed by atoms with van der Waals surface area (Å²) in [5, 5.41) is 2.96. The van der Waals surface area contributed by atoms with Gasteiger partial charge in [0.25, 0.3) is 0 Å². The Labute approximate surface area is 122 Å². The average molecular weight is 382 g/mol. The van der Waals surface area contributed by atoms with E-state index in [1.54, 1.807) is 6.92 Å². The summed E-state index contributed by atoms with van der Waals surface area (Å²) in [6, 6.07) is -0.0437. The van der Waals surface area contributed by atoms with Crippen molar-refractivity contribution in [1.82, 2.24) is 4.98 Å². The summed E-state index contributed by atoms with van der Waals surface area (Å²) in [6.45, 7) is 1.71. The summed E-state index contributed by atoms with van der Waals surface area (Å²) in [4.78, 5) is 27.3. The summed E-state index contributed by atoms with van der Waals surface area (Å²) in [6.07, 6.45) is 1.48. The lowest BCUT2D eigenvalue weighted by molar-refractivity contribution is -0.143. The summed E-state index contributed by atoms with van der Waals surface area (Å²) < 4.78 is 5.36. The number of hydrogen-bond acceptors (Lipinski definition) is 6. The summed E-state index contributed by atoms with van der Waals surface area (Å²) in [5.74, 6) is -1.56. The zero-order valence-corrected chi connectivity index (χ0v) is 12.2. The molecule has 0 bridgehead atoms. The highest BCUT2D eigenvalue weighted by Crippen LogP contribution is 2.19. The lowest BCUT2D eigenvalue weighted by Crippen LogP contribution is -2.30. The average Bonchev–Trinajstić information content (AvgIpc) is 2.33. The van der Waals surface area contributed by atoms with E-state index in [9.17, 15) is 9.59 Å². The maximum absolute atomic E-state index is 12.0. The first-order valence-electron chi connectivity index (χ1n) is 4.89. The van der Waals surface area contributed by atoms with Crippen LogP contribution >= 0.6 is 34.2 Å². The Morgan fingerprint density at radius 2 is 2.33 bits per heavy atom. The SMILES string of the molecule is CCOC(=O)C(N=N)C(=O)c1cc(I)cnc1Cl. The first-order chi connectivity index (χ1) is 8.51. The zero-order chi connectivity index (χ0) is 13.7. The molecule has 0 saturated carbocycles. The van der Waals surface area contributed by atoms with Crippen LogP contribution in [0.15, 0.2) is 17.4 Å².